The van der Waals surface area contributed by atoms with Gasteiger partial charge < -0.3 is 0 Å². The fourth-order valence-electron chi connectivity index (χ4n) is 5.15. The molecule has 0 atom stereocenters. The first kappa shape index (κ1) is 20.1. The summed E-state index contributed by atoms with van der Waals surface area (Å²) in [4.78, 5) is 0. The van der Waals surface area contributed by atoms with E-state index in [1.807, 2.05) is 0 Å². The third kappa shape index (κ3) is 7.75. The highest BCUT2D eigenvalue weighted by Gasteiger charge is 2.35. The molecule has 0 radical (unpaired) electrons. The lowest BCUT2D eigenvalue weighted by molar-refractivity contribution is 0.0876. The summed E-state index contributed by atoms with van der Waals surface area (Å²) in [6.45, 7) is 8.47. The van der Waals surface area contributed by atoms with Gasteiger partial charge in [-0.25, -0.2) is 0 Å². The molecule has 0 N–H and O–H groups in total. The molecule has 0 aliphatic heterocycles. The number of allylic oxidation sites excluding steroid dienone is 1. The Kier molecular flexibility index (Phi) is 9.51. The van der Waals surface area contributed by atoms with E-state index in [0.717, 1.165) is 23.7 Å². The molecule has 0 nitrogen and oxygen atoms in total. The lowest BCUT2D eigenvalue weighted by Crippen LogP contribution is -2.31. The van der Waals surface area contributed by atoms with Crippen molar-refractivity contribution in [1.29, 1.82) is 0 Å². The first-order chi connectivity index (χ1) is 11.7. The molecule has 0 aromatic rings. The summed E-state index contributed by atoms with van der Waals surface area (Å²) in [6, 6.07) is 0. The van der Waals surface area contributed by atoms with Crippen molar-refractivity contribution in [3.63, 3.8) is 0 Å². The number of unbranched alkanes of at least 4 members (excludes halogenated alkanes) is 6. The molecule has 0 aromatic heterocycles. The van der Waals surface area contributed by atoms with Crippen molar-refractivity contribution in [3.8, 4) is 0 Å². The second-order valence-corrected chi connectivity index (χ2v) is 9.40. The molecular weight excluding hydrogens is 288 g/mol. The Labute approximate surface area is 152 Å². The van der Waals surface area contributed by atoms with Crippen LogP contribution in [-0.4, -0.2) is 0 Å². The maximum absolute atomic E-state index is 3.99. The highest BCUT2D eigenvalue weighted by molar-refractivity contribution is 4.87. The fourth-order valence-corrected chi connectivity index (χ4v) is 5.15. The average molecular weight is 333 g/mol. The van der Waals surface area contributed by atoms with E-state index >= 15 is 0 Å². The predicted octanol–water partition coefficient (Wildman–Crippen LogP) is 8.32. The van der Waals surface area contributed by atoms with Gasteiger partial charge in [-0.2, -0.15) is 0 Å². The molecule has 140 valence electrons. The lowest BCUT2D eigenvalue weighted by Gasteiger charge is -2.43. The summed E-state index contributed by atoms with van der Waals surface area (Å²) in [5.41, 5.74) is 1.36. The number of hydrogen-bond donors (Lipinski definition) is 0. The van der Waals surface area contributed by atoms with Gasteiger partial charge in [0.05, 0.1) is 0 Å². The second-order valence-electron chi connectivity index (χ2n) is 9.40. The highest BCUT2D eigenvalue weighted by Crippen LogP contribution is 2.47. The van der Waals surface area contributed by atoms with Crippen molar-refractivity contribution in [2.45, 2.75) is 117 Å². The van der Waals surface area contributed by atoms with Crippen LogP contribution in [0.4, 0.5) is 0 Å². The Morgan fingerprint density at radius 2 is 1.21 bits per heavy atom. The van der Waals surface area contributed by atoms with E-state index in [2.05, 4.69) is 20.4 Å². The fraction of sp³-hybridized carbons (Fsp3) is 0.917. The third-order valence-electron chi connectivity index (χ3n) is 6.77. The van der Waals surface area contributed by atoms with E-state index in [1.54, 1.807) is 32.1 Å². The van der Waals surface area contributed by atoms with E-state index in [1.165, 1.54) is 76.2 Å². The van der Waals surface area contributed by atoms with Crippen LogP contribution in [0.25, 0.3) is 0 Å². The molecular formula is C24H44. The molecule has 0 aromatic carbocycles. The van der Waals surface area contributed by atoms with Crippen molar-refractivity contribution in [2.75, 3.05) is 0 Å². The third-order valence-corrected chi connectivity index (χ3v) is 6.77. The monoisotopic (exact) mass is 332 g/mol. The molecule has 0 heterocycles. The minimum Gasteiger partial charge on any atom is -0.100 e. The van der Waals surface area contributed by atoms with Gasteiger partial charge in [0.2, 0.25) is 0 Å². The van der Waals surface area contributed by atoms with Gasteiger partial charge in [-0.1, -0.05) is 70.3 Å². The largest absolute Gasteiger partial charge is 0.100 e. The lowest BCUT2D eigenvalue weighted by atomic mass is 9.63. The van der Waals surface area contributed by atoms with Crippen LogP contribution in [0.1, 0.15) is 117 Å². The number of rotatable bonds is 14. The van der Waals surface area contributed by atoms with Crippen LogP contribution in [0.5, 0.6) is 0 Å². The highest BCUT2D eigenvalue weighted by atomic mass is 14.4. The summed E-state index contributed by atoms with van der Waals surface area (Å²) >= 11 is 0. The molecule has 0 spiro atoms. The normalized spacial score (nSPS) is 29.1. The first-order valence-electron chi connectivity index (χ1n) is 11.3. The van der Waals surface area contributed by atoms with Crippen LogP contribution in [0.15, 0.2) is 12.2 Å². The number of hydrogen-bond acceptors (Lipinski definition) is 0. The van der Waals surface area contributed by atoms with Gasteiger partial charge in [0.1, 0.15) is 0 Å². The molecule has 2 rings (SSSR count). The maximum atomic E-state index is 3.99. The quantitative estimate of drug-likeness (QED) is 0.221. The summed E-state index contributed by atoms with van der Waals surface area (Å²) in [7, 11) is 0. The van der Waals surface area contributed by atoms with Crippen molar-refractivity contribution in [1.82, 2.24) is 0 Å². The van der Waals surface area contributed by atoms with Crippen molar-refractivity contribution < 1.29 is 0 Å². The second kappa shape index (κ2) is 11.4. The Balaban J connectivity index is 1.34. The molecule has 0 bridgehead atoms. The summed E-state index contributed by atoms with van der Waals surface area (Å²) < 4.78 is 0. The molecule has 0 heteroatoms. The van der Waals surface area contributed by atoms with Gasteiger partial charge in [-0.05, 0) is 75.5 Å². The minimum absolute atomic E-state index is 1.10. The van der Waals surface area contributed by atoms with E-state index in [9.17, 15) is 0 Å². The predicted molar refractivity (Wildman–Crippen MR) is 108 cm³/mol. The van der Waals surface area contributed by atoms with E-state index in [-0.39, 0.29) is 0 Å². The van der Waals surface area contributed by atoms with Gasteiger partial charge in [-0.15, -0.1) is 6.58 Å². The van der Waals surface area contributed by atoms with Gasteiger partial charge in [0, 0.05) is 0 Å². The summed E-state index contributed by atoms with van der Waals surface area (Å²) in [5.74, 6) is 4.45. The topological polar surface area (TPSA) is 0 Å². The van der Waals surface area contributed by atoms with Crippen LogP contribution in [0.2, 0.25) is 0 Å². The van der Waals surface area contributed by atoms with Gasteiger partial charge in [-0.3, -0.25) is 0 Å². The first-order valence-corrected chi connectivity index (χ1v) is 11.3. The van der Waals surface area contributed by atoms with Crippen molar-refractivity contribution >= 4 is 0 Å². The Hall–Kier alpha value is -0.260. The van der Waals surface area contributed by atoms with E-state index in [0.29, 0.717) is 0 Å². The zero-order valence-corrected chi connectivity index (χ0v) is 16.8. The smallest absolute Gasteiger partial charge is 0.0326 e. The molecule has 2 fully saturated rings. The SMILES string of the molecule is C=C(C)CCCCCCCC1CC(CC2CC(CCCCC)C2)C1. The maximum Gasteiger partial charge on any atom is -0.0326 e. The van der Waals surface area contributed by atoms with Crippen molar-refractivity contribution in [2.24, 2.45) is 23.7 Å². The van der Waals surface area contributed by atoms with Crippen LogP contribution in [-0.2, 0) is 0 Å². The van der Waals surface area contributed by atoms with E-state index in [4.69, 9.17) is 0 Å². The van der Waals surface area contributed by atoms with Gasteiger partial charge in [0.15, 0.2) is 0 Å². The standard InChI is InChI=1S/C24H44/c1-4-5-9-13-21-15-23(16-21)19-24-17-22(18-24)14-11-8-6-7-10-12-20(2)3/h21-24H,2,4-19H2,1,3H3. The zero-order valence-electron chi connectivity index (χ0n) is 16.8. The molecule has 2 saturated carbocycles. The zero-order chi connectivity index (χ0) is 17.2. The molecule has 0 unspecified atom stereocenters. The molecule has 2 aliphatic carbocycles. The Morgan fingerprint density at radius 3 is 1.75 bits per heavy atom. The molecule has 0 amide bonds. The molecule has 24 heavy (non-hydrogen) atoms. The van der Waals surface area contributed by atoms with Crippen LogP contribution < -0.4 is 0 Å². The van der Waals surface area contributed by atoms with Crippen LogP contribution in [0.3, 0.4) is 0 Å². The van der Waals surface area contributed by atoms with Crippen LogP contribution >= 0.6 is 0 Å². The van der Waals surface area contributed by atoms with Crippen molar-refractivity contribution in [3.05, 3.63) is 12.2 Å². The van der Waals surface area contributed by atoms with Gasteiger partial charge in [0.25, 0.3) is 0 Å². The summed E-state index contributed by atoms with van der Waals surface area (Å²) in [5, 5.41) is 0. The van der Waals surface area contributed by atoms with Crippen LogP contribution in [0, 0.1) is 23.7 Å². The van der Waals surface area contributed by atoms with E-state index < -0.39 is 0 Å². The Bertz CT molecular complexity index is 330. The average Bonchev–Trinajstić information content (AvgIpc) is 2.47. The summed E-state index contributed by atoms with van der Waals surface area (Å²) in [6.07, 6.45) is 23.7. The van der Waals surface area contributed by atoms with Gasteiger partial charge >= 0.3 is 0 Å². The Morgan fingerprint density at radius 1 is 0.708 bits per heavy atom. The minimum atomic E-state index is 1.10. The molecule has 2 aliphatic rings. The molecule has 0 saturated heterocycles.